The zero-order valence-corrected chi connectivity index (χ0v) is 23.7. The van der Waals surface area contributed by atoms with Gasteiger partial charge in [0.25, 0.3) is 10.0 Å². The highest BCUT2D eigenvalue weighted by atomic mass is 32.2. The van der Waals surface area contributed by atoms with Gasteiger partial charge in [0.05, 0.1) is 17.7 Å². The van der Waals surface area contributed by atoms with Gasteiger partial charge in [0.2, 0.25) is 11.8 Å². The zero-order valence-electron chi connectivity index (χ0n) is 22.9. The largest absolute Gasteiger partial charge is 0.497 e. The fraction of sp³-hybridized carbons (Fsp3) is 0.333. The number of rotatable bonds is 13. The Balaban J connectivity index is 1.98. The molecule has 0 saturated heterocycles. The van der Waals surface area contributed by atoms with Crippen LogP contribution in [0, 0.1) is 0 Å². The minimum absolute atomic E-state index is 0.0546. The summed E-state index contributed by atoms with van der Waals surface area (Å²) in [5, 5.41) is 2.94. The second-order valence-electron chi connectivity index (χ2n) is 9.34. The van der Waals surface area contributed by atoms with E-state index in [1.807, 2.05) is 44.2 Å². The number of hydrogen-bond donors (Lipinski definition) is 1. The summed E-state index contributed by atoms with van der Waals surface area (Å²) in [7, 11) is -2.62. The molecule has 0 spiro atoms. The van der Waals surface area contributed by atoms with Gasteiger partial charge in [0.15, 0.2) is 0 Å². The van der Waals surface area contributed by atoms with E-state index in [9.17, 15) is 18.0 Å². The lowest BCUT2D eigenvalue weighted by Crippen LogP contribution is -2.53. The molecule has 0 radical (unpaired) electrons. The van der Waals surface area contributed by atoms with Crippen molar-refractivity contribution in [3.05, 3.63) is 90.5 Å². The van der Waals surface area contributed by atoms with E-state index < -0.39 is 28.5 Å². The fourth-order valence-corrected chi connectivity index (χ4v) is 5.48. The van der Waals surface area contributed by atoms with Crippen molar-refractivity contribution in [3.63, 3.8) is 0 Å². The fourth-order valence-electron chi connectivity index (χ4n) is 4.05. The number of amides is 2. The van der Waals surface area contributed by atoms with Gasteiger partial charge in [0.1, 0.15) is 18.3 Å². The number of nitrogens with zero attached hydrogens (tertiary/aromatic N) is 2. The normalized spacial score (nSPS) is 12.7. The number of carbonyl (C=O) groups excluding carboxylic acids is 2. The van der Waals surface area contributed by atoms with Crippen LogP contribution in [0.25, 0.3) is 0 Å². The van der Waals surface area contributed by atoms with Gasteiger partial charge in [-0.2, -0.15) is 0 Å². The molecule has 208 valence electrons. The summed E-state index contributed by atoms with van der Waals surface area (Å²) in [4.78, 5) is 28.5. The highest BCUT2D eigenvalue weighted by Gasteiger charge is 2.32. The number of carbonyl (C=O) groups is 2. The molecule has 0 fully saturated rings. The molecule has 0 aliphatic heterocycles. The van der Waals surface area contributed by atoms with Crippen molar-refractivity contribution >= 4 is 27.5 Å². The first-order chi connectivity index (χ1) is 18.7. The van der Waals surface area contributed by atoms with Gasteiger partial charge in [-0.3, -0.25) is 13.9 Å². The van der Waals surface area contributed by atoms with Crippen molar-refractivity contribution < 1.29 is 22.7 Å². The van der Waals surface area contributed by atoms with E-state index in [0.717, 1.165) is 16.3 Å². The molecule has 3 rings (SSSR count). The lowest BCUT2D eigenvalue weighted by molar-refractivity contribution is -0.139. The Bertz CT molecular complexity index is 1330. The first-order valence-corrected chi connectivity index (χ1v) is 14.5. The maximum atomic E-state index is 13.9. The van der Waals surface area contributed by atoms with Gasteiger partial charge in [-0.05, 0) is 56.5 Å². The van der Waals surface area contributed by atoms with E-state index in [-0.39, 0.29) is 29.1 Å². The first-order valence-electron chi connectivity index (χ1n) is 13.0. The number of ether oxygens (including phenoxy) is 1. The van der Waals surface area contributed by atoms with Crippen LogP contribution < -0.4 is 14.4 Å². The predicted molar refractivity (Wildman–Crippen MR) is 153 cm³/mol. The molecule has 0 unspecified atom stereocenters. The summed E-state index contributed by atoms with van der Waals surface area (Å²) in [6.07, 6.45) is 1.26. The molecule has 2 atom stereocenters. The van der Waals surface area contributed by atoms with Crippen molar-refractivity contribution in [2.45, 2.75) is 50.6 Å². The summed E-state index contributed by atoms with van der Waals surface area (Å²) < 4.78 is 34.0. The predicted octanol–water partition coefficient (Wildman–Crippen LogP) is 4.27. The zero-order chi connectivity index (χ0) is 28.4. The SMILES string of the molecule is CC[C@H](C)NC(=O)[C@@H](C)N(CCc1ccccc1)C(=O)CN(c1cccc(OC)c1)S(=O)(=O)c1ccccc1. The molecule has 0 aliphatic rings. The number of anilines is 1. The molecule has 0 aromatic heterocycles. The molecule has 1 N–H and O–H groups in total. The molecule has 2 amide bonds. The Kier molecular flexibility index (Phi) is 10.5. The maximum Gasteiger partial charge on any atom is 0.264 e. The Morgan fingerprint density at radius 3 is 2.18 bits per heavy atom. The van der Waals surface area contributed by atoms with Gasteiger partial charge < -0.3 is 15.0 Å². The minimum atomic E-state index is -4.11. The molecule has 0 bridgehead atoms. The van der Waals surface area contributed by atoms with Crippen molar-refractivity contribution in [3.8, 4) is 5.75 Å². The molecular formula is C30H37N3O5S. The van der Waals surface area contributed by atoms with Crippen molar-refractivity contribution in [1.82, 2.24) is 10.2 Å². The number of sulfonamides is 1. The Morgan fingerprint density at radius 2 is 1.56 bits per heavy atom. The highest BCUT2D eigenvalue weighted by molar-refractivity contribution is 7.92. The van der Waals surface area contributed by atoms with Crippen LogP contribution in [0.15, 0.2) is 89.8 Å². The smallest absolute Gasteiger partial charge is 0.264 e. The maximum absolute atomic E-state index is 13.9. The van der Waals surface area contributed by atoms with Gasteiger partial charge >= 0.3 is 0 Å². The average Bonchev–Trinajstić information content (AvgIpc) is 2.96. The Hall–Kier alpha value is -3.85. The Labute approximate surface area is 231 Å². The van der Waals surface area contributed by atoms with Crippen LogP contribution in [0.1, 0.15) is 32.8 Å². The van der Waals surface area contributed by atoms with E-state index in [2.05, 4.69) is 5.32 Å². The van der Waals surface area contributed by atoms with Crippen LogP contribution in [0.4, 0.5) is 5.69 Å². The standard InChI is InChI=1S/C30H37N3O5S/c1-5-23(2)31-30(35)24(3)32(20-19-25-13-8-6-9-14-25)29(34)22-33(26-15-12-16-27(21-26)38-4)39(36,37)28-17-10-7-11-18-28/h6-18,21,23-24H,5,19-20,22H2,1-4H3,(H,31,35)/t23-,24+/m0/s1. The van der Waals surface area contributed by atoms with Crippen molar-refractivity contribution in [2.24, 2.45) is 0 Å². The third-order valence-corrected chi connectivity index (χ3v) is 8.39. The third-order valence-electron chi connectivity index (χ3n) is 6.60. The van der Waals surface area contributed by atoms with E-state index in [1.165, 1.54) is 24.1 Å². The monoisotopic (exact) mass is 551 g/mol. The summed E-state index contributed by atoms with van der Waals surface area (Å²) >= 11 is 0. The second kappa shape index (κ2) is 13.8. The van der Waals surface area contributed by atoms with E-state index in [4.69, 9.17) is 4.74 Å². The summed E-state index contributed by atoms with van der Waals surface area (Å²) in [6.45, 7) is 5.30. The molecule has 9 heteroatoms. The summed E-state index contributed by atoms with van der Waals surface area (Å²) in [5.74, 6) is -0.319. The quantitative estimate of drug-likeness (QED) is 0.342. The molecular weight excluding hydrogens is 514 g/mol. The topological polar surface area (TPSA) is 96.0 Å². The molecule has 8 nitrogen and oxygen atoms in total. The Morgan fingerprint density at radius 1 is 0.923 bits per heavy atom. The van der Waals surface area contributed by atoms with Crippen LogP contribution in [0.3, 0.4) is 0 Å². The second-order valence-corrected chi connectivity index (χ2v) is 11.2. The van der Waals surface area contributed by atoms with E-state index in [1.54, 1.807) is 49.4 Å². The average molecular weight is 552 g/mol. The van der Waals surface area contributed by atoms with Crippen LogP contribution >= 0.6 is 0 Å². The summed E-state index contributed by atoms with van der Waals surface area (Å²) in [6, 6.07) is 23.3. The number of benzene rings is 3. The van der Waals surface area contributed by atoms with Crippen LogP contribution in [0.5, 0.6) is 5.75 Å². The van der Waals surface area contributed by atoms with Crippen LogP contribution in [-0.4, -0.2) is 57.4 Å². The molecule has 0 saturated carbocycles. The first kappa shape index (κ1) is 29.7. The highest BCUT2D eigenvalue weighted by Crippen LogP contribution is 2.27. The lowest BCUT2D eigenvalue weighted by Gasteiger charge is -2.32. The van der Waals surface area contributed by atoms with Gasteiger partial charge in [-0.25, -0.2) is 8.42 Å². The number of methoxy groups -OCH3 is 1. The van der Waals surface area contributed by atoms with Gasteiger partial charge in [-0.1, -0.05) is 61.5 Å². The molecule has 3 aromatic carbocycles. The molecule has 0 heterocycles. The molecule has 3 aromatic rings. The molecule has 39 heavy (non-hydrogen) atoms. The van der Waals surface area contributed by atoms with Crippen molar-refractivity contribution in [1.29, 1.82) is 0 Å². The minimum Gasteiger partial charge on any atom is -0.497 e. The number of hydrogen-bond acceptors (Lipinski definition) is 5. The number of nitrogens with one attached hydrogen (secondary N) is 1. The van der Waals surface area contributed by atoms with E-state index in [0.29, 0.717) is 12.2 Å². The summed E-state index contributed by atoms with van der Waals surface area (Å²) in [5.41, 5.74) is 1.29. The van der Waals surface area contributed by atoms with Crippen LogP contribution in [0.2, 0.25) is 0 Å². The lowest BCUT2D eigenvalue weighted by atomic mass is 10.1. The van der Waals surface area contributed by atoms with Crippen LogP contribution in [-0.2, 0) is 26.0 Å². The van der Waals surface area contributed by atoms with Gasteiger partial charge in [-0.15, -0.1) is 0 Å². The molecule has 0 aliphatic carbocycles. The van der Waals surface area contributed by atoms with Gasteiger partial charge in [0, 0.05) is 18.7 Å². The third kappa shape index (κ3) is 7.83. The van der Waals surface area contributed by atoms with E-state index >= 15 is 0 Å². The van der Waals surface area contributed by atoms with Crippen molar-refractivity contribution in [2.75, 3.05) is 24.5 Å².